The lowest BCUT2D eigenvalue weighted by Crippen LogP contribution is -2.53. The predicted molar refractivity (Wildman–Crippen MR) is 189 cm³/mol. The second-order valence-electron chi connectivity index (χ2n) is 11.5. The maximum atomic E-state index is 14.6. The minimum atomic E-state index is -4.34. The Balaban J connectivity index is 1.82. The Bertz CT molecular complexity index is 1810. The number of benzene rings is 4. The van der Waals surface area contributed by atoms with E-state index >= 15 is 0 Å². The standard InChI is InChI=1S/C36H39Cl2N3O6S/c1-25(2)22-39-36(43)32(20-26-11-7-5-8-12-26)40(23-27-15-17-30(37)31(38)19-27)35(42)24-41(28-13-9-6-10-14-28)48(44,45)29-16-18-33(46-3)34(21-29)47-4/h5-19,21,25,32H,20,22-24H2,1-4H3,(H,39,43). The van der Waals surface area contributed by atoms with Gasteiger partial charge in [-0.05, 0) is 53.4 Å². The SMILES string of the molecule is COc1ccc(S(=O)(=O)N(CC(=O)N(Cc2ccc(Cl)c(Cl)c2)C(Cc2ccccc2)C(=O)NCC(C)C)c2ccccc2)cc1OC. The Labute approximate surface area is 292 Å². The van der Waals surface area contributed by atoms with E-state index in [-0.39, 0.29) is 46.1 Å². The van der Waals surface area contributed by atoms with Gasteiger partial charge < -0.3 is 19.7 Å². The Morgan fingerprint density at radius 3 is 2.04 bits per heavy atom. The van der Waals surface area contributed by atoms with E-state index in [1.54, 1.807) is 48.5 Å². The van der Waals surface area contributed by atoms with E-state index in [1.807, 2.05) is 44.2 Å². The van der Waals surface area contributed by atoms with Gasteiger partial charge in [0, 0.05) is 25.6 Å². The number of anilines is 1. The van der Waals surface area contributed by atoms with Gasteiger partial charge in [-0.15, -0.1) is 0 Å². The van der Waals surface area contributed by atoms with E-state index in [2.05, 4.69) is 5.32 Å². The lowest BCUT2D eigenvalue weighted by atomic mass is 10.0. The highest BCUT2D eigenvalue weighted by Gasteiger charge is 2.35. The molecule has 2 amide bonds. The molecule has 0 saturated heterocycles. The molecular formula is C36H39Cl2N3O6S. The summed E-state index contributed by atoms with van der Waals surface area (Å²) in [5.41, 5.74) is 1.70. The number of rotatable bonds is 15. The molecule has 1 unspecified atom stereocenters. The predicted octanol–water partition coefficient (Wildman–Crippen LogP) is 6.62. The molecule has 0 aliphatic carbocycles. The fourth-order valence-electron chi connectivity index (χ4n) is 5.04. The first-order valence-electron chi connectivity index (χ1n) is 15.3. The Morgan fingerprint density at radius 1 is 0.792 bits per heavy atom. The quantitative estimate of drug-likeness (QED) is 0.149. The van der Waals surface area contributed by atoms with E-state index < -0.39 is 28.5 Å². The Morgan fingerprint density at radius 2 is 1.44 bits per heavy atom. The molecule has 0 bridgehead atoms. The molecule has 0 spiro atoms. The van der Waals surface area contributed by atoms with Gasteiger partial charge in [0.25, 0.3) is 10.0 Å². The number of nitrogens with one attached hydrogen (secondary N) is 1. The number of ether oxygens (including phenoxy) is 2. The lowest BCUT2D eigenvalue weighted by molar-refractivity contribution is -0.140. The maximum Gasteiger partial charge on any atom is 0.264 e. The van der Waals surface area contributed by atoms with Crippen LogP contribution in [0.25, 0.3) is 0 Å². The number of carbonyl (C=O) groups is 2. The fourth-order valence-corrected chi connectivity index (χ4v) is 6.79. The van der Waals surface area contributed by atoms with Crippen molar-refractivity contribution < 1.29 is 27.5 Å². The normalized spacial score (nSPS) is 11.9. The molecule has 0 aliphatic heterocycles. The van der Waals surface area contributed by atoms with Gasteiger partial charge in [-0.1, -0.05) is 91.6 Å². The van der Waals surface area contributed by atoms with Crippen molar-refractivity contribution in [2.24, 2.45) is 5.92 Å². The number of hydrogen-bond acceptors (Lipinski definition) is 6. The monoisotopic (exact) mass is 711 g/mol. The van der Waals surface area contributed by atoms with Crippen molar-refractivity contribution in [3.63, 3.8) is 0 Å². The zero-order chi connectivity index (χ0) is 34.8. The number of nitrogens with zero attached hydrogens (tertiary/aromatic N) is 2. The van der Waals surface area contributed by atoms with Crippen LogP contribution in [-0.4, -0.2) is 58.5 Å². The van der Waals surface area contributed by atoms with Crippen LogP contribution in [0.3, 0.4) is 0 Å². The molecule has 254 valence electrons. The van der Waals surface area contributed by atoms with Crippen LogP contribution in [0.2, 0.25) is 10.0 Å². The minimum absolute atomic E-state index is 0.0403. The van der Waals surface area contributed by atoms with E-state index in [4.69, 9.17) is 32.7 Å². The molecule has 48 heavy (non-hydrogen) atoms. The summed E-state index contributed by atoms with van der Waals surface area (Å²) < 4.78 is 40.3. The van der Waals surface area contributed by atoms with E-state index in [9.17, 15) is 18.0 Å². The third-order valence-electron chi connectivity index (χ3n) is 7.56. The minimum Gasteiger partial charge on any atom is -0.493 e. The lowest BCUT2D eigenvalue weighted by Gasteiger charge is -2.34. The Kier molecular flexibility index (Phi) is 12.7. The fraction of sp³-hybridized carbons (Fsp3) is 0.278. The number of methoxy groups -OCH3 is 2. The largest absolute Gasteiger partial charge is 0.493 e. The number of hydrogen-bond donors (Lipinski definition) is 1. The number of sulfonamides is 1. The van der Waals surface area contributed by atoms with Crippen molar-refractivity contribution in [3.05, 3.63) is 118 Å². The number of para-hydroxylation sites is 1. The van der Waals surface area contributed by atoms with Crippen molar-refractivity contribution in [1.29, 1.82) is 0 Å². The maximum absolute atomic E-state index is 14.6. The van der Waals surface area contributed by atoms with Gasteiger partial charge in [0.2, 0.25) is 11.8 Å². The van der Waals surface area contributed by atoms with Gasteiger partial charge in [-0.2, -0.15) is 0 Å². The first kappa shape index (κ1) is 36.6. The topological polar surface area (TPSA) is 105 Å². The van der Waals surface area contributed by atoms with Crippen molar-refractivity contribution in [2.45, 2.75) is 37.8 Å². The molecule has 0 aliphatic rings. The molecule has 0 fully saturated rings. The molecule has 0 radical (unpaired) electrons. The van der Waals surface area contributed by atoms with E-state index in [0.717, 1.165) is 9.87 Å². The van der Waals surface area contributed by atoms with Crippen LogP contribution in [0.15, 0.2) is 102 Å². The molecule has 1 atom stereocenters. The highest BCUT2D eigenvalue weighted by atomic mass is 35.5. The molecule has 4 aromatic carbocycles. The summed E-state index contributed by atoms with van der Waals surface area (Å²) in [4.78, 5) is 29.8. The van der Waals surface area contributed by atoms with Crippen LogP contribution in [-0.2, 0) is 32.6 Å². The molecule has 4 rings (SSSR count). The number of halogens is 2. The third kappa shape index (κ3) is 9.21. The molecule has 0 heterocycles. The van der Waals surface area contributed by atoms with Crippen molar-refractivity contribution >= 4 is 50.7 Å². The second-order valence-corrected chi connectivity index (χ2v) is 14.2. The average Bonchev–Trinajstić information content (AvgIpc) is 3.09. The summed E-state index contributed by atoms with van der Waals surface area (Å²) in [6.45, 7) is 3.69. The van der Waals surface area contributed by atoms with E-state index in [0.29, 0.717) is 22.9 Å². The van der Waals surface area contributed by atoms with Crippen LogP contribution < -0.4 is 19.1 Å². The zero-order valence-corrected chi connectivity index (χ0v) is 29.6. The molecule has 4 aromatic rings. The van der Waals surface area contributed by atoms with Crippen LogP contribution in [0.5, 0.6) is 11.5 Å². The smallest absolute Gasteiger partial charge is 0.264 e. The first-order valence-corrected chi connectivity index (χ1v) is 17.5. The summed E-state index contributed by atoms with van der Waals surface area (Å²) in [5, 5.41) is 3.59. The second kappa shape index (κ2) is 16.7. The van der Waals surface area contributed by atoms with Crippen LogP contribution in [0.1, 0.15) is 25.0 Å². The van der Waals surface area contributed by atoms with Crippen molar-refractivity contribution in [2.75, 3.05) is 31.6 Å². The number of carbonyl (C=O) groups excluding carboxylic acids is 2. The van der Waals surface area contributed by atoms with Gasteiger partial charge in [0.05, 0.1) is 34.8 Å². The van der Waals surface area contributed by atoms with Crippen molar-refractivity contribution in [1.82, 2.24) is 10.2 Å². The van der Waals surface area contributed by atoms with Crippen LogP contribution in [0.4, 0.5) is 5.69 Å². The molecule has 1 N–H and O–H groups in total. The third-order valence-corrected chi connectivity index (χ3v) is 10.1. The summed E-state index contributed by atoms with van der Waals surface area (Å²) in [7, 11) is -1.48. The van der Waals surface area contributed by atoms with E-state index in [1.165, 1.54) is 37.3 Å². The van der Waals surface area contributed by atoms with Gasteiger partial charge in [0.15, 0.2) is 11.5 Å². The van der Waals surface area contributed by atoms with Crippen LogP contribution in [0, 0.1) is 5.92 Å². The van der Waals surface area contributed by atoms with Crippen molar-refractivity contribution in [3.8, 4) is 11.5 Å². The average molecular weight is 713 g/mol. The highest BCUT2D eigenvalue weighted by Crippen LogP contribution is 2.32. The van der Waals surface area contributed by atoms with Gasteiger partial charge >= 0.3 is 0 Å². The molecule has 12 heteroatoms. The first-order chi connectivity index (χ1) is 22.9. The van der Waals surface area contributed by atoms with Crippen LogP contribution >= 0.6 is 23.2 Å². The molecule has 0 aromatic heterocycles. The summed E-state index contributed by atoms with van der Waals surface area (Å²) in [6.07, 6.45) is 0.186. The van der Waals surface area contributed by atoms with Gasteiger partial charge in [0.1, 0.15) is 12.6 Å². The number of amides is 2. The summed E-state index contributed by atoms with van der Waals surface area (Å²) in [5.74, 6) is -0.248. The molecule has 0 saturated carbocycles. The zero-order valence-electron chi connectivity index (χ0n) is 27.2. The molecule has 9 nitrogen and oxygen atoms in total. The van der Waals surface area contributed by atoms with Gasteiger partial charge in [-0.3, -0.25) is 13.9 Å². The summed E-state index contributed by atoms with van der Waals surface area (Å²) in [6, 6.07) is 25.9. The highest BCUT2D eigenvalue weighted by molar-refractivity contribution is 7.92. The molecular weight excluding hydrogens is 673 g/mol. The summed E-state index contributed by atoms with van der Waals surface area (Å²) >= 11 is 12.5. The Hall–Kier alpha value is -4.25. The van der Waals surface area contributed by atoms with Gasteiger partial charge in [-0.25, -0.2) is 8.42 Å².